The van der Waals surface area contributed by atoms with Gasteiger partial charge in [0.05, 0.1) is 6.10 Å². The molecule has 1 aromatic rings. The van der Waals surface area contributed by atoms with Crippen molar-refractivity contribution in [1.82, 2.24) is 0 Å². The molecule has 0 aliphatic heterocycles. The molecule has 0 radical (unpaired) electrons. The van der Waals surface area contributed by atoms with Gasteiger partial charge < -0.3 is 9.84 Å². The summed E-state index contributed by atoms with van der Waals surface area (Å²) in [5.74, 6) is 1.01. The molecule has 0 spiro atoms. The number of aliphatic hydroxyl groups excluding tert-OH is 1. The summed E-state index contributed by atoms with van der Waals surface area (Å²) in [6, 6.07) is 4.83. The lowest BCUT2D eigenvalue weighted by Gasteiger charge is -2.35. The molecule has 0 heterocycles. The highest BCUT2D eigenvalue weighted by Crippen LogP contribution is 2.33. The van der Waals surface area contributed by atoms with Crippen molar-refractivity contribution in [3.63, 3.8) is 0 Å². The van der Waals surface area contributed by atoms with Crippen LogP contribution in [0.3, 0.4) is 0 Å². The minimum Gasteiger partial charge on any atom is -0.485 e. The summed E-state index contributed by atoms with van der Waals surface area (Å²) in [5, 5.41) is 10.0. The van der Waals surface area contributed by atoms with Crippen LogP contribution >= 0.6 is 0 Å². The first-order valence-corrected chi connectivity index (χ1v) is 7.08. The molecule has 3 unspecified atom stereocenters. The molecule has 1 N–H and O–H groups in total. The van der Waals surface area contributed by atoms with Crippen molar-refractivity contribution in [2.45, 2.75) is 52.2 Å². The Bertz CT molecular complexity index is 431. The third-order valence-electron chi connectivity index (χ3n) is 4.11. The van der Waals surface area contributed by atoms with E-state index < -0.39 is 6.10 Å². The molecule has 106 valence electrons. The van der Waals surface area contributed by atoms with Crippen LogP contribution < -0.4 is 4.74 Å². The Balaban J connectivity index is 2.09. The smallest absolute Gasteiger partial charge is 0.165 e. The SMILES string of the molecule is Cc1ccc(F)c(OC2CC(C(C)C)CCC2O)c1. The third kappa shape index (κ3) is 3.47. The molecule has 1 aliphatic carbocycles. The molecule has 1 fully saturated rings. The lowest BCUT2D eigenvalue weighted by molar-refractivity contribution is -0.0192. The topological polar surface area (TPSA) is 29.5 Å². The Morgan fingerprint density at radius 2 is 2.05 bits per heavy atom. The van der Waals surface area contributed by atoms with E-state index in [2.05, 4.69) is 13.8 Å². The van der Waals surface area contributed by atoms with Gasteiger partial charge >= 0.3 is 0 Å². The Hall–Kier alpha value is -1.09. The van der Waals surface area contributed by atoms with Crippen LogP contribution in [0.1, 0.15) is 38.7 Å². The van der Waals surface area contributed by atoms with E-state index in [0.29, 0.717) is 11.8 Å². The van der Waals surface area contributed by atoms with E-state index in [9.17, 15) is 9.50 Å². The highest BCUT2D eigenvalue weighted by Gasteiger charge is 2.32. The quantitative estimate of drug-likeness (QED) is 0.904. The first-order chi connectivity index (χ1) is 8.97. The maximum absolute atomic E-state index is 13.7. The van der Waals surface area contributed by atoms with Gasteiger partial charge in [-0.3, -0.25) is 0 Å². The molecule has 1 aliphatic rings. The van der Waals surface area contributed by atoms with E-state index in [1.165, 1.54) is 6.07 Å². The second-order valence-corrected chi connectivity index (χ2v) is 5.97. The predicted molar refractivity (Wildman–Crippen MR) is 73.7 cm³/mol. The molecule has 2 nitrogen and oxygen atoms in total. The molecule has 19 heavy (non-hydrogen) atoms. The summed E-state index contributed by atoms with van der Waals surface area (Å²) < 4.78 is 19.4. The van der Waals surface area contributed by atoms with Crippen molar-refractivity contribution in [2.24, 2.45) is 11.8 Å². The van der Waals surface area contributed by atoms with Gasteiger partial charge in [-0.25, -0.2) is 4.39 Å². The molecule has 0 aromatic heterocycles. The van der Waals surface area contributed by atoms with Crippen LogP contribution in [-0.2, 0) is 0 Å². The van der Waals surface area contributed by atoms with Gasteiger partial charge in [0.25, 0.3) is 0 Å². The summed E-state index contributed by atoms with van der Waals surface area (Å²) in [4.78, 5) is 0. The van der Waals surface area contributed by atoms with Gasteiger partial charge in [-0.05, 0) is 55.7 Å². The first-order valence-electron chi connectivity index (χ1n) is 7.08. The zero-order valence-corrected chi connectivity index (χ0v) is 11.9. The zero-order valence-electron chi connectivity index (χ0n) is 11.9. The number of hydrogen-bond donors (Lipinski definition) is 1. The molecule has 2 rings (SSSR count). The van der Waals surface area contributed by atoms with Gasteiger partial charge in [-0.2, -0.15) is 0 Å². The number of rotatable bonds is 3. The van der Waals surface area contributed by atoms with Crippen LogP contribution in [-0.4, -0.2) is 17.3 Å². The van der Waals surface area contributed by atoms with Gasteiger partial charge in [0.2, 0.25) is 0 Å². The van der Waals surface area contributed by atoms with Crippen LogP contribution in [0.25, 0.3) is 0 Å². The standard InChI is InChI=1S/C16H23FO2/c1-10(2)12-5-7-14(18)16(9-12)19-15-8-11(3)4-6-13(15)17/h4,6,8,10,12,14,16,18H,5,7,9H2,1-3H3. The second-order valence-electron chi connectivity index (χ2n) is 5.97. The second kappa shape index (κ2) is 5.91. The highest BCUT2D eigenvalue weighted by atomic mass is 19.1. The minimum atomic E-state index is -0.491. The normalized spacial score (nSPS) is 27.6. The van der Waals surface area contributed by atoms with Crippen molar-refractivity contribution >= 4 is 0 Å². The monoisotopic (exact) mass is 266 g/mol. The Morgan fingerprint density at radius 1 is 1.32 bits per heavy atom. The van der Waals surface area contributed by atoms with E-state index in [0.717, 1.165) is 24.8 Å². The van der Waals surface area contributed by atoms with Crippen molar-refractivity contribution in [3.8, 4) is 5.75 Å². The van der Waals surface area contributed by atoms with Gasteiger partial charge in [0.1, 0.15) is 6.10 Å². The number of aryl methyl sites for hydroxylation is 1. The largest absolute Gasteiger partial charge is 0.485 e. The first kappa shape index (κ1) is 14.3. The fraction of sp³-hybridized carbons (Fsp3) is 0.625. The van der Waals surface area contributed by atoms with Crippen LogP contribution in [0.4, 0.5) is 4.39 Å². The van der Waals surface area contributed by atoms with Gasteiger partial charge in [0, 0.05) is 0 Å². The van der Waals surface area contributed by atoms with Crippen molar-refractivity contribution < 1.29 is 14.2 Å². The maximum Gasteiger partial charge on any atom is 0.165 e. The number of aliphatic hydroxyl groups is 1. The van der Waals surface area contributed by atoms with Gasteiger partial charge in [-0.15, -0.1) is 0 Å². The molecule has 0 amide bonds. The molecule has 3 atom stereocenters. The Morgan fingerprint density at radius 3 is 2.74 bits per heavy atom. The molecule has 0 saturated heterocycles. The summed E-state index contributed by atoms with van der Waals surface area (Å²) in [7, 11) is 0. The molecule has 1 saturated carbocycles. The minimum absolute atomic E-state index is 0.258. The Labute approximate surface area is 114 Å². The molecule has 0 bridgehead atoms. The lowest BCUT2D eigenvalue weighted by atomic mass is 9.79. The van der Waals surface area contributed by atoms with E-state index in [1.54, 1.807) is 12.1 Å². The average molecular weight is 266 g/mol. The van der Waals surface area contributed by atoms with Crippen LogP contribution in [0, 0.1) is 24.6 Å². The number of halogens is 1. The van der Waals surface area contributed by atoms with E-state index in [1.807, 2.05) is 6.92 Å². The summed E-state index contributed by atoms with van der Waals surface area (Å²) >= 11 is 0. The van der Waals surface area contributed by atoms with E-state index in [4.69, 9.17) is 4.74 Å². The van der Waals surface area contributed by atoms with Gasteiger partial charge in [0.15, 0.2) is 11.6 Å². The molecule has 1 aromatic carbocycles. The zero-order chi connectivity index (χ0) is 14.0. The Kier molecular flexibility index (Phi) is 4.46. The van der Waals surface area contributed by atoms with Crippen molar-refractivity contribution in [2.75, 3.05) is 0 Å². The fourth-order valence-electron chi connectivity index (χ4n) is 2.74. The maximum atomic E-state index is 13.7. The van der Waals surface area contributed by atoms with Crippen LogP contribution in [0.15, 0.2) is 18.2 Å². The van der Waals surface area contributed by atoms with Crippen LogP contribution in [0.2, 0.25) is 0 Å². The molecular weight excluding hydrogens is 243 g/mol. The van der Waals surface area contributed by atoms with E-state index >= 15 is 0 Å². The van der Waals surface area contributed by atoms with E-state index in [-0.39, 0.29) is 17.7 Å². The summed E-state index contributed by atoms with van der Waals surface area (Å²) in [6.07, 6.45) is 1.77. The summed E-state index contributed by atoms with van der Waals surface area (Å²) in [6.45, 7) is 6.28. The predicted octanol–water partition coefficient (Wildman–Crippen LogP) is 3.70. The summed E-state index contributed by atoms with van der Waals surface area (Å²) in [5.41, 5.74) is 0.960. The number of ether oxygens (including phenoxy) is 1. The third-order valence-corrected chi connectivity index (χ3v) is 4.11. The molecule has 3 heteroatoms. The van der Waals surface area contributed by atoms with Gasteiger partial charge in [-0.1, -0.05) is 19.9 Å². The fourth-order valence-corrected chi connectivity index (χ4v) is 2.74. The lowest BCUT2D eigenvalue weighted by Crippen LogP contribution is -2.39. The number of hydrogen-bond acceptors (Lipinski definition) is 2. The molecular formula is C16H23FO2. The van der Waals surface area contributed by atoms with Crippen LogP contribution in [0.5, 0.6) is 5.75 Å². The van der Waals surface area contributed by atoms with Crippen molar-refractivity contribution in [3.05, 3.63) is 29.6 Å². The number of benzene rings is 1. The average Bonchev–Trinajstić information content (AvgIpc) is 2.36. The highest BCUT2D eigenvalue weighted by molar-refractivity contribution is 5.29. The van der Waals surface area contributed by atoms with Crippen molar-refractivity contribution in [1.29, 1.82) is 0 Å².